The van der Waals surface area contributed by atoms with E-state index in [0.29, 0.717) is 22.7 Å². The third-order valence-corrected chi connectivity index (χ3v) is 5.67. The van der Waals surface area contributed by atoms with Gasteiger partial charge in [-0.25, -0.2) is 0 Å². The Morgan fingerprint density at radius 1 is 1.00 bits per heavy atom. The van der Waals surface area contributed by atoms with Crippen LogP contribution in [0, 0.1) is 34.0 Å². The van der Waals surface area contributed by atoms with Crippen molar-refractivity contribution < 1.29 is 9.90 Å². The number of carboxylic acid groups (broad SMARTS) is 1. The summed E-state index contributed by atoms with van der Waals surface area (Å²) in [6, 6.07) is 0. The monoisotopic (exact) mass is 210 g/mol. The van der Waals surface area contributed by atoms with Crippen molar-refractivity contribution in [3.63, 3.8) is 0 Å². The number of hydrogen-bond donors (Lipinski definition) is 1. The number of carbonyl (C=O) groups is 1. The molecule has 2 aliphatic rings. The van der Waals surface area contributed by atoms with Gasteiger partial charge in [-0.3, -0.25) is 4.79 Å². The van der Waals surface area contributed by atoms with Gasteiger partial charge in [-0.1, -0.05) is 41.5 Å². The second-order valence-corrected chi connectivity index (χ2v) is 7.08. The van der Waals surface area contributed by atoms with Gasteiger partial charge in [0.15, 0.2) is 0 Å². The van der Waals surface area contributed by atoms with Crippen molar-refractivity contribution in [3.05, 3.63) is 0 Å². The highest BCUT2D eigenvalue weighted by Crippen LogP contribution is 2.80. The topological polar surface area (TPSA) is 37.3 Å². The van der Waals surface area contributed by atoms with Gasteiger partial charge in [0.1, 0.15) is 0 Å². The number of carboxylic acids is 1. The van der Waals surface area contributed by atoms with E-state index in [4.69, 9.17) is 0 Å². The molecular formula is C13H22O2. The van der Waals surface area contributed by atoms with Crippen molar-refractivity contribution >= 4 is 5.97 Å². The Bertz CT molecular complexity index is 311. The summed E-state index contributed by atoms with van der Waals surface area (Å²) in [6.07, 6.45) is 0. The van der Waals surface area contributed by atoms with Gasteiger partial charge >= 0.3 is 5.97 Å². The Hall–Kier alpha value is -0.530. The van der Waals surface area contributed by atoms with Crippen LogP contribution in [0.3, 0.4) is 0 Å². The predicted molar refractivity (Wildman–Crippen MR) is 59.4 cm³/mol. The zero-order valence-corrected chi connectivity index (χ0v) is 10.6. The molecule has 2 nitrogen and oxygen atoms in total. The normalized spacial score (nSPS) is 39.9. The molecular weight excluding hydrogens is 188 g/mol. The van der Waals surface area contributed by atoms with Crippen LogP contribution in [-0.4, -0.2) is 11.1 Å². The molecule has 86 valence electrons. The Morgan fingerprint density at radius 3 is 1.60 bits per heavy atom. The van der Waals surface area contributed by atoms with Crippen LogP contribution in [0.5, 0.6) is 0 Å². The Kier molecular flexibility index (Phi) is 1.76. The van der Waals surface area contributed by atoms with Gasteiger partial charge in [0.25, 0.3) is 0 Å². The Morgan fingerprint density at radius 2 is 1.40 bits per heavy atom. The van der Waals surface area contributed by atoms with Gasteiger partial charge in [0, 0.05) is 0 Å². The maximum absolute atomic E-state index is 11.1. The maximum atomic E-state index is 11.1. The van der Waals surface area contributed by atoms with Gasteiger partial charge in [0.05, 0.1) is 5.92 Å². The lowest BCUT2D eigenvalue weighted by molar-refractivity contribution is -0.139. The number of aliphatic carboxylic acids is 1. The molecule has 2 aliphatic carbocycles. The molecule has 2 saturated carbocycles. The number of rotatable bonds is 2. The van der Waals surface area contributed by atoms with E-state index < -0.39 is 5.97 Å². The van der Waals surface area contributed by atoms with Crippen LogP contribution in [0.1, 0.15) is 41.5 Å². The molecule has 0 radical (unpaired) electrons. The van der Waals surface area contributed by atoms with E-state index in [1.54, 1.807) is 0 Å². The summed E-state index contributed by atoms with van der Waals surface area (Å²) < 4.78 is 0. The molecule has 0 aromatic heterocycles. The van der Waals surface area contributed by atoms with E-state index in [9.17, 15) is 9.90 Å². The smallest absolute Gasteiger partial charge is 0.307 e. The fourth-order valence-electron chi connectivity index (χ4n) is 3.92. The summed E-state index contributed by atoms with van der Waals surface area (Å²) in [7, 11) is 0. The minimum atomic E-state index is -0.608. The standard InChI is InChI=1S/C13H22O2/c1-11(2)7(8(11)10(14)15)9-12(3,4)13(9,5)6/h7-9H,1-6H3,(H,14,15). The van der Waals surface area contributed by atoms with E-state index in [2.05, 4.69) is 41.5 Å². The van der Waals surface area contributed by atoms with Gasteiger partial charge in [-0.2, -0.15) is 0 Å². The van der Waals surface area contributed by atoms with E-state index in [-0.39, 0.29) is 11.3 Å². The zero-order chi connectivity index (χ0) is 11.8. The van der Waals surface area contributed by atoms with Crippen molar-refractivity contribution in [2.75, 3.05) is 0 Å². The molecule has 0 spiro atoms. The fourth-order valence-corrected chi connectivity index (χ4v) is 3.92. The zero-order valence-electron chi connectivity index (χ0n) is 10.6. The van der Waals surface area contributed by atoms with Gasteiger partial charge in [0.2, 0.25) is 0 Å². The summed E-state index contributed by atoms with van der Waals surface area (Å²) in [5.74, 6) is 0.216. The first-order valence-corrected chi connectivity index (χ1v) is 5.79. The molecule has 1 N–H and O–H groups in total. The first-order chi connectivity index (χ1) is 6.56. The van der Waals surface area contributed by atoms with Crippen molar-refractivity contribution in [2.24, 2.45) is 34.0 Å². The van der Waals surface area contributed by atoms with Gasteiger partial charge in [-0.05, 0) is 28.1 Å². The molecule has 0 saturated heterocycles. The Balaban J connectivity index is 2.21. The van der Waals surface area contributed by atoms with Crippen LogP contribution in [0.2, 0.25) is 0 Å². The summed E-state index contributed by atoms with van der Waals surface area (Å²) in [5.41, 5.74) is 0.611. The Labute approximate surface area is 92.1 Å². The lowest BCUT2D eigenvalue weighted by Crippen LogP contribution is -2.03. The summed E-state index contributed by atoms with van der Waals surface area (Å²) in [6.45, 7) is 13.3. The maximum Gasteiger partial charge on any atom is 0.307 e. The van der Waals surface area contributed by atoms with Crippen LogP contribution >= 0.6 is 0 Å². The first kappa shape index (κ1) is 11.0. The first-order valence-electron chi connectivity index (χ1n) is 5.79. The van der Waals surface area contributed by atoms with Crippen molar-refractivity contribution in [3.8, 4) is 0 Å². The van der Waals surface area contributed by atoms with E-state index in [1.165, 1.54) is 0 Å². The minimum absolute atomic E-state index is 0.00153. The molecule has 0 bridgehead atoms. The van der Waals surface area contributed by atoms with Crippen molar-refractivity contribution in [1.29, 1.82) is 0 Å². The third-order valence-electron chi connectivity index (χ3n) is 5.67. The van der Waals surface area contributed by atoms with Gasteiger partial charge in [-0.15, -0.1) is 0 Å². The highest BCUT2D eigenvalue weighted by Gasteiger charge is 2.78. The van der Waals surface area contributed by atoms with Crippen molar-refractivity contribution in [2.45, 2.75) is 41.5 Å². The molecule has 2 heteroatoms. The second kappa shape index (κ2) is 2.41. The molecule has 2 rings (SSSR count). The van der Waals surface area contributed by atoms with Crippen LogP contribution < -0.4 is 0 Å². The number of hydrogen-bond acceptors (Lipinski definition) is 1. The average molecular weight is 210 g/mol. The summed E-state index contributed by atoms with van der Waals surface area (Å²) in [4.78, 5) is 11.1. The molecule has 0 aliphatic heterocycles. The predicted octanol–water partition coefficient (Wildman–Crippen LogP) is 3.03. The highest BCUT2D eigenvalue weighted by atomic mass is 16.4. The van der Waals surface area contributed by atoms with Crippen LogP contribution in [0.25, 0.3) is 0 Å². The lowest BCUT2D eigenvalue weighted by atomic mass is 10.0. The fraction of sp³-hybridized carbons (Fsp3) is 0.923. The van der Waals surface area contributed by atoms with Crippen molar-refractivity contribution in [1.82, 2.24) is 0 Å². The second-order valence-electron chi connectivity index (χ2n) is 7.08. The molecule has 0 heterocycles. The van der Waals surface area contributed by atoms with Crippen LogP contribution in [-0.2, 0) is 4.79 Å². The lowest BCUT2D eigenvalue weighted by Gasteiger charge is -2.04. The van der Waals surface area contributed by atoms with E-state index >= 15 is 0 Å². The minimum Gasteiger partial charge on any atom is -0.481 e. The molecule has 2 fully saturated rings. The largest absolute Gasteiger partial charge is 0.481 e. The van der Waals surface area contributed by atoms with Gasteiger partial charge < -0.3 is 5.11 Å². The molecule has 0 aromatic rings. The van der Waals surface area contributed by atoms with Crippen LogP contribution in [0.4, 0.5) is 0 Å². The molecule has 15 heavy (non-hydrogen) atoms. The quantitative estimate of drug-likeness (QED) is 0.760. The SMILES string of the molecule is CC1(C)C(C(=O)O)C1C1C(C)(C)C1(C)C. The van der Waals surface area contributed by atoms with E-state index in [1.807, 2.05) is 0 Å². The average Bonchev–Trinajstić information content (AvgIpc) is 2.64. The van der Waals surface area contributed by atoms with Crippen LogP contribution in [0.15, 0.2) is 0 Å². The molecule has 2 unspecified atom stereocenters. The third kappa shape index (κ3) is 1.08. The highest BCUT2D eigenvalue weighted by molar-refractivity contribution is 5.76. The summed E-state index contributed by atoms with van der Waals surface area (Å²) >= 11 is 0. The molecule has 2 atom stereocenters. The molecule has 0 amide bonds. The summed E-state index contributed by atoms with van der Waals surface area (Å²) in [5, 5.41) is 9.18. The van der Waals surface area contributed by atoms with E-state index in [0.717, 1.165) is 0 Å². The molecule has 0 aromatic carbocycles.